The lowest BCUT2D eigenvalue weighted by Gasteiger charge is -2.09. The Morgan fingerprint density at radius 2 is 2.41 bits per heavy atom. The molecule has 0 aliphatic carbocycles. The Morgan fingerprint density at radius 1 is 1.71 bits per heavy atom. The molecule has 1 unspecified atom stereocenters. The van der Waals surface area contributed by atoms with Gasteiger partial charge in [-0.25, -0.2) is 0 Å². The molecule has 0 aliphatic rings. The third kappa shape index (κ3) is 4.12. The highest BCUT2D eigenvalue weighted by Crippen LogP contribution is 2.13. The Labute approximate surface area is 99.6 Å². The monoisotopic (exact) mass is 242 g/mol. The van der Waals surface area contributed by atoms with E-state index < -0.39 is 11.0 Å². The number of aryl methyl sites for hydroxylation is 1. The maximum atomic E-state index is 10.6. The summed E-state index contributed by atoms with van der Waals surface area (Å²) in [6, 6.07) is 0. The van der Waals surface area contributed by atoms with Crippen LogP contribution in [0, 0.1) is 17.0 Å². The molecule has 1 atom stereocenters. The minimum absolute atomic E-state index is 0.154. The lowest BCUT2D eigenvalue weighted by atomic mass is 10.3. The normalized spacial score (nSPS) is 12.6. The number of nitrogens with one attached hydrogen (secondary N) is 1. The highest BCUT2D eigenvalue weighted by molar-refractivity contribution is 5.27. The van der Waals surface area contributed by atoms with Gasteiger partial charge in [-0.1, -0.05) is 6.92 Å². The van der Waals surface area contributed by atoms with Crippen LogP contribution in [0.5, 0.6) is 0 Å². The van der Waals surface area contributed by atoms with Crippen LogP contribution in [0.25, 0.3) is 0 Å². The van der Waals surface area contributed by atoms with Crippen LogP contribution in [0.15, 0.2) is 6.20 Å². The maximum Gasteiger partial charge on any atom is 0.392 e. The third-order valence-electron chi connectivity index (χ3n) is 2.30. The first kappa shape index (κ1) is 13.6. The number of nitro groups is 1. The average Bonchev–Trinajstić information content (AvgIpc) is 2.60. The fourth-order valence-corrected chi connectivity index (χ4v) is 1.51. The van der Waals surface area contributed by atoms with Gasteiger partial charge in [0, 0.05) is 6.54 Å². The maximum absolute atomic E-state index is 10.6. The standard InChI is InChI=1S/C10H18N4O3/c1-3-4-11-5-9(15)7-13-6-8(2)10(12-13)14(16)17/h6,9,11,15H,3-5,7H2,1-2H3. The minimum atomic E-state index is -0.597. The molecule has 0 bridgehead atoms. The fraction of sp³-hybridized carbons (Fsp3) is 0.700. The second-order valence-electron chi connectivity index (χ2n) is 3.97. The first-order valence-electron chi connectivity index (χ1n) is 5.61. The van der Waals surface area contributed by atoms with E-state index in [1.54, 1.807) is 13.1 Å². The summed E-state index contributed by atoms with van der Waals surface area (Å²) in [6.45, 7) is 5.23. The Kier molecular flexibility index (Phi) is 5.05. The van der Waals surface area contributed by atoms with Crippen molar-refractivity contribution in [3.05, 3.63) is 21.9 Å². The second-order valence-corrected chi connectivity index (χ2v) is 3.97. The summed E-state index contributed by atoms with van der Waals surface area (Å²) in [4.78, 5) is 10.1. The molecule has 1 aromatic heterocycles. The van der Waals surface area contributed by atoms with Crippen molar-refractivity contribution in [2.75, 3.05) is 13.1 Å². The molecule has 0 fully saturated rings. The van der Waals surface area contributed by atoms with Gasteiger partial charge in [0.2, 0.25) is 0 Å². The van der Waals surface area contributed by atoms with Gasteiger partial charge in [-0.05, 0) is 24.8 Å². The van der Waals surface area contributed by atoms with Crippen molar-refractivity contribution in [2.24, 2.45) is 0 Å². The Balaban J connectivity index is 2.51. The Morgan fingerprint density at radius 3 is 2.94 bits per heavy atom. The zero-order valence-corrected chi connectivity index (χ0v) is 10.1. The number of hydrogen-bond acceptors (Lipinski definition) is 5. The van der Waals surface area contributed by atoms with Crippen LogP contribution in [-0.2, 0) is 6.54 Å². The molecule has 2 N–H and O–H groups in total. The SMILES string of the molecule is CCCNCC(O)Cn1cc(C)c([N+](=O)[O-])n1. The van der Waals surface area contributed by atoms with E-state index in [9.17, 15) is 15.2 Å². The number of hydrogen-bond donors (Lipinski definition) is 2. The summed E-state index contributed by atoms with van der Waals surface area (Å²) in [7, 11) is 0. The van der Waals surface area contributed by atoms with Gasteiger partial charge in [0.05, 0.1) is 29.5 Å². The summed E-state index contributed by atoms with van der Waals surface area (Å²) in [6.07, 6.45) is 1.97. The topological polar surface area (TPSA) is 93.2 Å². The van der Waals surface area contributed by atoms with E-state index in [0.29, 0.717) is 12.1 Å². The van der Waals surface area contributed by atoms with E-state index in [-0.39, 0.29) is 12.4 Å². The summed E-state index contributed by atoms with van der Waals surface area (Å²) >= 11 is 0. The number of nitrogens with zero attached hydrogens (tertiary/aromatic N) is 3. The van der Waals surface area contributed by atoms with E-state index in [0.717, 1.165) is 13.0 Å². The number of aliphatic hydroxyl groups is 1. The fourth-order valence-electron chi connectivity index (χ4n) is 1.51. The molecule has 0 aliphatic heterocycles. The molecule has 1 rings (SSSR count). The first-order valence-corrected chi connectivity index (χ1v) is 5.61. The molecule has 1 aromatic rings. The van der Waals surface area contributed by atoms with Crippen LogP contribution in [0.3, 0.4) is 0 Å². The van der Waals surface area contributed by atoms with Gasteiger partial charge < -0.3 is 20.5 Å². The van der Waals surface area contributed by atoms with E-state index in [1.807, 2.05) is 6.92 Å². The van der Waals surface area contributed by atoms with Crippen LogP contribution in [0.1, 0.15) is 18.9 Å². The van der Waals surface area contributed by atoms with Crippen molar-refractivity contribution in [1.29, 1.82) is 0 Å². The number of rotatable bonds is 7. The van der Waals surface area contributed by atoms with Gasteiger partial charge >= 0.3 is 5.82 Å². The summed E-state index contributed by atoms with van der Waals surface area (Å²) < 4.78 is 1.41. The van der Waals surface area contributed by atoms with Crippen molar-refractivity contribution in [1.82, 2.24) is 15.1 Å². The van der Waals surface area contributed by atoms with E-state index >= 15 is 0 Å². The van der Waals surface area contributed by atoms with Gasteiger partial charge in [0.15, 0.2) is 0 Å². The molecule has 7 nitrogen and oxygen atoms in total. The molecule has 17 heavy (non-hydrogen) atoms. The molecule has 0 saturated carbocycles. The van der Waals surface area contributed by atoms with Crippen LogP contribution in [0.4, 0.5) is 5.82 Å². The lowest BCUT2D eigenvalue weighted by molar-refractivity contribution is -0.390. The summed E-state index contributed by atoms with van der Waals surface area (Å²) in [5.41, 5.74) is 0.503. The Hall–Kier alpha value is -1.47. The molecule has 96 valence electrons. The number of aromatic nitrogens is 2. The smallest absolute Gasteiger partial charge is 0.390 e. The van der Waals surface area contributed by atoms with Crippen molar-refractivity contribution in [3.8, 4) is 0 Å². The van der Waals surface area contributed by atoms with Crippen molar-refractivity contribution >= 4 is 5.82 Å². The zero-order valence-electron chi connectivity index (χ0n) is 10.1. The highest BCUT2D eigenvalue weighted by Gasteiger charge is 2.18. The molecular weight excluding hydrogens is 224 g/mol. The van der Waals surface area contributed by atoms with E-state index in [4.69, 9.17) is 0 Å². The van der Waals surface area contributed by atoms with Crippen LogP contribution in [-0.4, -0.2) is 39.0 Å². The van der Waals surface area contributed by atoms with Gasteiger partial charge in [0.1, 0.15) is 0 Å². The Bertz CT molecular complexity index is 378. The molecule has 0 radical (unpaired) electrons. The molecular formula is C10H18N4O3. The first-order chi connectivity index (χ1) is 8.04. The largest absolute Gasteiger partial charge is 0.392 e. The zero-order chi connectivity index (χ0) is 12.8. The van der Waals surface area contributed by atoms with Gasteiger partial charge in [-0.3, -0.25) is 0 Å². The van der Waals surface area contributed by atoms with Gasteiger partial charge in [0.25, 0.3) is 0 Å². The van der Waals surface area contributed by atoms with Crippen molar-refractivity contribution in [3.63, 3.8) is 0 Å². The highest BCUT2D eigenvalue weighted by atomic mass is 16.6. The number of aliphatic hydroxyl groups excluding tert-OH is 1. The molecule has 7 heteroatoms. The molecule has 0 saturated heterocycles. The summed E-state index contributed by atoms with van der Waals surface area (Å²) in [5.74, 6) is -0.154. The average molecular weight is 242 g/mol. The van der Waals surface area contributed by atoms with Crippen LogP contribution < -0.4 is 5.32 Å². The lowest BCUT2D eigenvalue weighted by Crippen LogP contribution is -2.30. The van der Waals surface area contributed by atoms with E-state index in [1.165, 1.54) is 4.68 Å². The van der Waals surface area contributed by atoms with Gasteiger partial charge in [-0.15, -0.1) is 0 Å². The molecule has 0 spiro atoms. The van der Waals surface area contributed by atoms with Crippen LogP contribution in [0.2, 0.25) is 0 Å². The third-order valence-corrected chi connectivity index (χ3v) is 2.30. The van der Waals surface area contributed by atoms with Crippen LogP contribution >= 0.6 is 0 Å². The summed E-state index contributed by atoms with van der Waals surface area (Å²) in [5, 5.41) is 27.1. The quantitative estimate of drug-likeness (QED) is 0.411. The second kappa shape index (κ2) is 6.31. The predicted molar refractivity (Wildman–Crippen MR) is 62.8 cm³/mol. The van der Waals surface area contributed by atoms with Crippen molar-refractivity contribution in [2.45, 2.75) is 32.9 Å². The molecule has 1 heterocycles. The molecule has 0 aromatic carbocycles. The van der Waals surface area contributed by atoms with Crippen molar-refractivity contribution < 1.29 is 10.0 Å². The van der Waals surface area contributed by atoms with Gasteiger partial charge in [-0.2, -0.15) is 4.68 Å². The molecule has 0 amide bonds. The van der Waals surface area contributed by atoms with E-state index in [2.05, 4.69) is 10.4 Å². The minimum Gasteiger partial charge on any atom is -0.390 e. The predicted octanol–water partition coefficient (Wildman–Crippen LogP) is 0.460.